The Hall–Kier alpha value is -3.27. The molecule has 27 heavy (non-hydrogen) atoms. The molecule has 0 fully saturated rings. The lowest BCUT2D eigenvalue weighted by atomic mass is 10.2. The van der Waals surface area contributed by atoms with Crippen molar-refractivity contribution >= 4 is 29.0 Å². The Kier molecular flexibility index (Phi) is 5.46. The van der Waals surface area contributed by atoms with Gasteiger partial charge < -0.3 is 5.32 Å². The van der Waals surface area contributed by atoms with Crippen LogP contribution in [0.2, 0.25) is 0 Å². The van der Waals surface area contributed by atoms with E-state index in [1.165, 1.54) is 24.3 Å². The Bertz CT molecular complexity index is 994. The highest BCUT2D eigenvalue weighted by Gasteiger charge is 2.21. The topological polar surface area (TPSA) is 114 Å². The molecular formula is C17H14FN5O3S. The van der Waals surface area contributed by atoms with Gasteiger partial charge in [-0.1, -0.05) is 36.0 Å². The number of nitro benzene ring substituents is 1. The fraction of sp³-hybridized carbons (Fsp3) is 0.118. The number of nitro groups is 1. The summed E-state index contributed by atoms with van der Waals surface area (Å²) in [6.07, 6.45) is 0. The molecule has 1 aromatic heterocycles. The number of nitrogens with one attached hydrogen (secondary N) is 2. The second kappa shape index (κ2) is 7.96. The van der Waals surface area contributed by atoms with Crippen LogP contribution in [0.15, 0.2) is 53.7 Å². The van der Waals surface area contributed by atoms with Crippen LogP contribution >= 0.6 is 11.8 Å². The van der Waals surface area contributed by atoms with Crippen molar-refractivity contribution < 1.29 is 14.1 Å². The number of nitrogens with zero attached hydrogens (tertiary/aromatic N) is 3. The number of rotatable bonds is 6. The van der Waals surface area contributed by atoms with Crippen molar-refractivity contribution in [3.05, 3.63) is 64.5 Å². The lowest BCUT2D eigenvalue weighted by molar-refractivity contribution is -0.383. The molecule has 1 heterocycles. The summed E-state index contributed by atoms with van der Waals surface area (Å²) in [6.45, 7) is 1.62. The number of halogens is 1. The van der Waals surface area contributed by atoms with Gasteiger partial charge in [0.25, 0.3) is 5.69 Å². The van der Waals surface area contributed by atoms with E-state index in [4.69, 9.17) is 0 Å². The maximum Gasteiger partial charge on any atom is 0.292 e. The molecular weight excluding hydrogens is 373 g/mol. The highest BCUT2D eigenvalue weighted by Crippen LogP contribution is 2.27. The highest BCUT2D eigenvalue weighted by molar-refractivity contribution is 8.00. The summed E-state index contributed by atoms with van der Waals surface area (Å²) in [7, 11) is 0. The van der Waals surface area contributed by atoms with Gasteiger partial charge in [-0.25, -0.2) is 9.37 Å². The third-order valence-corrected chi connectivity index (χ3v) is 4.56. The number of aromatic nitrogens is 3. The smallest absolute Gasteiger partial charge is 0.292 e. The zero-order valence-corrected chi connectivity index (χ0v) is 14.9. The molecule has 10 heteroatoms. The van der Waals surface area contributed by atoms with Gasteiger partial charge in [-0.3, -0.25) is 20.0 Å². The fourth-order valence-electron chi connectivity index (χ4n) is 2.26. The summed E-state index contributed by atoms with van der Waals surface area (Å²) >= 11 is 1.05. The SMILES string of the molecule is C[C@@H](Sc1n[nH]c(-c2ccccc2F)n1)C(=O)Nc1ccccc1[N+](=O)[O-]. The number of para-hydroxylation sites is 2. The Balaban J connectivity index is 1.69. The lowest BCUT2D eigenvalue weighted by Crippen LogP contribution is -2.23. The maximum absolute atomic E-state index is 13.8. The third-order valence-electron chi connectivity index (χ3n) is 3.60. The van der Waals surface area contributed by atoms with E-state index in [-0.39, 0.29) is 27.9 Å². The molecule has 0 saturated carbocycles. The summed E-state index contributed by atoms with van der Waals surface area (Å²) in [4.78, 5) is 27.0. The van der Waals surface area contributed by atoms with Crippen LogP contribution in [-0.4, -0.2) is 31.3 Å². The standard InChI is InChI=1S/C17H14FN5O3S/c1-10(16(24)19-13-8-4-5-9-14(13)23(25)26)27-17-20-15(21-22-17)11-6-2-3-7-12(11)18/h2-10H,1H3,(H,19,24)(H,20,21,22)/t10-/m1/s1. The number of hydrogen-bond acceptors (Lipinski definition) is 6. The van der Waals surface area contributed by atoms with Gasteiger partial charge in [0.1, 0.15) is 11.5 Å². The van der Waals surface area contributed by atoms with Crippen LogP contribution in [0.25, 0.3) is 11.4 Å². The summed E-state index contributed by atoms with van der Waals surface area (Å²) in [5, 5.41) is 19.8. The molecule has 138 valence electrons. The lowest BCUT2D eigenvalue weighted by Gasteiger charge is -2.10. The second-order valence-electron chi connectivity index (χ2n) is 5.47. The monoisotopic (exact) mass is 387 g/mol. The first-order chi connectivity index (χ1) is 13.0. The molecule has 0 aliphatic heterocycles. The minimum Gasteiger partial charge on any atom is -0.319 e. The van der Waals surface area contributed by atoms with Crippen LogP contribution < -0.4 is 5.32 Å². The summed E-state index contributed by atoms with van der Waals surface area (Å²) < 4.78 is 13.8. The minimum absolute atomic E-state index is 0.113. The predicted octanol–water partition coefficient (Wildman–Crippen LogP) is 3.64. The van der Waals surface area contributed by atoms with Gasteiger partial charge in [-0.2, -0.15) is 0 Å². The number of benzene rings is 2. The van der Waals surface area contributed by atoms with Crippen LogP contribution in [0.1, 0.15) is 6.92 Å². The van der Waals surface area contributed by atoms with E-state index in [2.05, 4.69) is 20.5 Å². The molecule has 0 aliphatic carbocycles. The number of hydrogen-bond donors (Lipinski definition) is 2. The molecule has 1 amide bonds. The van der Waals surface area contributed by atoms with Crippen LogP contribution in [0.4, 0.5) is 15.8 Å². The summed E-state index contributed by atoms with van der Waals surface area (Å²) in [5.74, 6) is -0.624. The minimum atomic E-state index is -0.630. The highest BCUT2D eigenvalue weighted by atomic mass is 32.2. The molecule has 1 atom stereocenters. The van der Waals surface area contributed by atoms with E-state index in [0.717, 1.165) is 11.8 Å². The number of carbonyl (C=O) groups is 1. The van der Waals surface area contributed by atoms with Crippen molar-refractivity contribution in [3.8, 4) is 11.4 Å². The van der Waals surface area contributed by atoms with E-state index < -0.39 is 21.9 Å². The molecule has 2 aromatic carbocycles. The average Bonchev–Trinajstić information content (AvgIpc) is 3.10. The largest absolute Gasteiger partial charge is 0.319 e. The van der Waals surface area contributed by atoms with Gasteiger partial charge in [-0.15, -0.1) is 5.10 Å². The first-order valence-electron chi connectivity index (χ1n) is 7.84. The van der Waals surface area contributed by atoms with E-state index >= 15 is 0 Å². The predicted molar refractivity (Wildman–Crippen MR) is 98.8 cm³/mol. The first-order valence-corrected chi connectivity index (χ1v) is 8.72. The maximum atomic E-state index is 13.8. The van der Waals surface area contributed by atoms with E-state index in [1.54, 1.807) is 31.2 Å². The second-order valence-corrected chi connectivity index (χ2v) is 6.78. The molecule has 0 unspecified atom stereocenters. The van der Waals surface area contributed by atoms with Crippen LogP contribution in [0, 0.1) is 15.9 Å². The van der Waals surface area contributed by atoms with Gasteiger partial charge in [0.05, 0.1) is 15.7 Å². The zero-order valence-electron chi connectivity index (χ0n) is 14.0. The van der Waals surface area contributed by atoms with Crippen molar-refractivity contribution in [3.63, 3.8) is 0 Å². The molecule has 3 rings (SSSR count). The number of carbonyl (C=O) groups excluding carboxylic acids is 1. The van der Waals surface area contributed by atoms with Gasteiger partial charge in [0.15, 0.2) is 5.82 Å². The van der Waals surface area contributed by atoms with Crippen molar-refractivity contribution in [1.82, 2.24) is 15.2 Å². The van der Waals surface area contributed by atoms with Crippen molar-refractivity contribution in [2.45, 2.75) is 17.3 Å². The Morgan fingerprint density at radius 2 is 1.96 bits per heavy atom. The van der Waals surface area contributed by atoms with Crippen molar-refractivity contribution in [2.75, 3.05) is 5.32 Å². The van der Waals surface area contributed by atoms with Crippen LogP contribution in [0.5, 0.6) is 0 Å². The van der Waals surface area contributed by atoms with Crippen molar-refractivity contribution in [2.24, 2.45) is 0 Å². The summed E-state index contributed by atoms with van der Waals surface area (Å²) in [5.41, 5.74) is 0.193. The average molecular weight is 387 g/mol. The zero-order chi connectivity index (χ0) is 19.4. The van der Waals surface area contributed by atoms with Crippen LogP contribution in [-0.2, 0) is 4.79 Å². The molecule has 0 bridgehead atoms. The van der Waals surface area contributed by atoms with Gasteiger partial charge in [-0.05, 0) is 25.1 Å². The number of aromatic amines is 1. The number of anilines is 1. The summed E-state index contributed by atoms with van der Waals surface area (Å²) in [6, 6.07) is 12.0. The third kappa shape index (κ3) is 4.29. The molecule has 3 aromatic rings. The normalized spacial score (nSPS) is 11.8. The Morgan fingerprint density at radius 3 is 2.70 bits per heavy atom. The first kappa shape index (κ1) is 18.5. The van der Waals surface area contributed by atoms with E-state index in [9.17, 15) is 19.3 Å². The van der Waals surface area contributed by atoms with Gasteiger partial charge >= 0.3 is 0 Å². The molecule has 0 spiro atoms. The number of H-pyrrole nitrogens is 1. The number of thioether (sulfide) groups is 1. The molecule has 2 N–H and O–H groups in total. The fourth-order valence-corrected chi connectivity index (χ4v) is 2.98. The van der Waals surface area contributed by atoms with Gasteiger partial charge in [0, 0.05) is 6.07 Å². The van der Waals surface area contributed by atoms with Crippen molar-refractivity contribution in [1.29, 1.82) is 0 Å². The molecule has 0 radical (unpaired) electrons. The number of amides is 1. The Labute approximate surface area is 157 Å². The molecule has 8 nitrogen and oxygen atoms in total. The quantitative estimate of drug-likeness (QED) is 0.379. The van der Waals surface area contributed by atoms with Gasteiger partial charge in [0.2, 0.25) is 11.1 Å². The molecule has 0 saturated heterocycles. The van der Waals surface area contributed by atoms with Crippen LogP contribution in [0.3, 0.4) is 0 Å². The Morgan fingerprint density at radius 1 is 1.26 bits per heavy atom. The van der Waals surface area contributed by atoms with E-state index in [1.807, 2.05) is 0 Å². The van der Waals surface area contributed by atoms with E-state index in [0.29, 0.717) is 0 Å². The molecule has 0 aliphatic rings.